The molecule has 0 bridgehead atoms. The highest BCUT2D eigenvalue weighted by atomic mass is 35.5. The summed E-state index contributed by atoms with van der Waals surface area (Å²) in [5.74, 6) is -0.457. The van der Waals surface area contributed by atoms with Gasteiger partial charge in [0, 0.05) is 31.2 Å². The molecule has 1 N–H and O–H groups in total. The normalized spacial score (nSPS) is 16.5. The number of halogens is 2. The second-order valence-electron chi connectivity index (χ2n) is 4.66. The van der Waals surface area contributed by atoms with Crippen LogP contribution in [0.25, 0.3) is 0 Å². The number of anilines is 1. The van der Waals surface area contributed by atoms with E-state index in [1.165, 1.54) is 12.1 Å². The maximum Gasteiger partial charge on any atom is 0.241 e. The van der Waals surface area contributed by atoms with E-state index < -0.39 is 5.82 Å². The Balaban J connectivity index is 1.86. The molecule has 1 fully saturated rings. The smallest absolute Gasteiger partial charge is 0.241 e. The van der Waals surface area contributed by atoms with Crippen LogP contribution < -0.4 is 5.32 Å². The van der Waals surface area contributed by atoms with Gasteiger partial charge in [-0.25, -0.2) is 4.39 Å². The minimum Gasteiger partial charge on any atom is -0.374 e. The Hall–Kier alpha value is -1.33. The summed E-state index contributed by atoms with van der Waals surface area (Å²) < 4.78 is 13.5. The topological polar surface area (TPSA) is 35.6 Å². The van der Waals surface area contributed by atoms with E-state index in [0.29, 0.717) is 10.7 Å². The Morgan fingerprint density at radius 1 is 1.37 bits per heavy atom. The molecule has 1 aromatic rings. The van der Waals surface area contributed by atoms with Gasteiger partial charge in [-0.15, -0.1) is 0 Å². The van der Waals surface area contributed by atoms with E-state index >= 15 is 0 Å². The van der Waals surface area contributed by atoms with Crippen molar-refractivity contribution in [3.8, 4) is 0 Å². The Labute approximate surface area is 117 Å². The van der Waals surface area contributed by atoms with Gasteiger partial charge in [0.25, 0.3) is 0 Å². The SMILES string of the molecule is CN1CCN(C(=O)CNc2ccc(Cl)cc2F)CC1. The number of amides is 1. The number of nitrogens with zero attached hydrogens (tertiary/aromatic N) is 2. The van der Waals surface area contributed by atoms with Gasteiger partial charge in [0.2, 0.25) is 5.91 Å². The number of carbonyl (C=O) groups excluding carboxylic acids is 1. The molecule has 19 heavy (non-hydrogen) atoms. The molecule has 1 aromatic carbocycles. The number of piperazine rings is 1. The van der Waals surface area contributed by atoms with Crippen LogP contribution in [-0.2, 0) is 4.79 Å². The van der Waals surface area contributed by atoms with Crippen LogP contribution in [0.2, 0.25) is 5.02 Å². The first-order valence-corrected chi connectivity index (χ1v) is 6.59. The Bertz CT molecular complexity index is 461. The second-order valence-corrected chi connectivity index (χ2v) is 5.10. The van der Waals surface area contributed by atoms with Crippen LogP contribution in [-0.4, -0.2) is 55.5 Å². The predicted molar refractivity (Wildman–Crippen MR) is 74.0 cm³/mol. The molecule has 0 unspecified atom stereocenters. The maximum atomic E-state index is 13.5. The molecule has 104 valence electrons. The van der Waals surface area contributed by atoms with Gasteiger partial charge in [-0.1, -0.05) is 11.6 Å². The van der Waals surface area contributed by atoms with E-state index in [2.05, 4.69) is 10.2 Å². The van der Waals surface area contributed by atoms with Crippen LogP contribution in [0.5, 0.6) is 0 Å². The molecule has 1 saturated heterocycles. The van der Waals surface area contributed by atoms with Gasteiger partial charge in [0.05, 0.1) is 12.2 Å². The Morgan fingerprint density at radius 2 is 2.05 bits per heavy atom. The van der Waals surface area contributed by atoms with E-state index in [1.807, 2.05) is 7.05 Å². The number of benzene rings is 1. The minimum absolute atomic E-state index is 0.0116. The fraction of sp³-hybridized carbons (Fsp3) is 0.462. The van der Waals surface area contributed by atoms with Crippen molar-refractivity contribution >= 4 is 23.2 Å². The molecule has 0 aromatic heterocycles. The highest BCUT2D eigenvalue weighted by Crippen LogP contribution is 2.18. The van der Waals surface area contributed by atoms with Crippen molar-refractivity contribution in [2.45, 2.75) is 0 Å². The molecule has 1 amide bonds. The third-order valence-corrected chi connectivity index (χ3v) is 3.45. The van der Waals surface area contributed by atoms with E-state index in [-0.39, 0.29) is 12.5 Å². The first-order valence-electron chi connectivity index (χ1n) is 6.21. The van der Waals surface area contributed by atoms with Gasteiger partial charge in [-0.3, -0.25) is 4.79 Å². The first-order chi connectivity index (χ1) is 9.06. The molecule has 4 nitrogen and oxygen atoms in total. The standard InChI is InChI=1S/C13H17ClFN3O/c1-17-4-6-18(7-5-17)13(19)9-16-12-3-2-10(14)8-11(12)15/h2-3,8,16H,4-7,9H2,1H3. The van der Waals surface area contributed by atoms with Crippen molar-refractivity contribution < 1.29 is 9.18 Å². The minimum atomic E-state index is -0.446. The summed E-state index contributed by atoms with van der Waals surface area (Å²) in [5, 5.41) is 3.15. The van der Waals surface area contributed by atoms with Crippen molar-refractivity contribution in [3.05, 3.63) is 29.0 Å². The van der Waals surface area contributed by atoms with Gasteiger partial charge in [0.1, 0.15) is 5.82 Å². The van der Waals surface area contributed by atoms with Crippen molar-refractivity contribution in [2.24, 2.45) is 0 Å². The highest BCUT2D eigenvalue weighted by molar-refractivity contribution is 6.30. The van der Waals surface area contributed by atoms with Crippen LogP contribution in [0.4, 0.5) is 10.1 Å². The van der Waals surface area contributed by atoms with Crippen LogP contribution in [0, 0.1) is 5.82 Å². The summed E-state index contributed by atoms with van der Waals surface area (Å²) >= 11 is 5.67. The Kier molecular flexibility index (Phi) is 4.61. The monoisotopic (exact) mass is 285 g/mol. The van der Waals surface area contributed by atoms with E-state index in [9.17, 15) is 9.18 Å². The number of likely N-dealkylation sites (N-methyl/N-ethyl adjacent to an activating group) is 1. The first kappa shape index (κ1) is 14.1. The lowest BCUT2D eigenvalue weighted by atomic mass is 10.3. The molecule has 0 saturated carbocycles. The molecule has 6 heteroatoms. The van der Waals surface area contributed by atoms with Gasteiger partial charge in [0.15, 0.2) is 0 Å². The third kappa shape index (κ3) is 3.81. The van der Waals surface area contributed by atoms with Crippen molar-refractivity contribution in [1.82, 2.24) is 9.80 Å². The number of hydrogen-bond donors (Lipinski definition) is 1. The van der Waals surface area contributed by atoms with Crippen LogP contribution in [0.15, 0.2) is 18.2 Å². The quantitative estimate of drug-likeness (QED) is 0.918. The average molecular weight is 286 g/mol. The van der Waals surface area contributed by atoms with Gasteiger partial charge >= 0.3 is 0 Å². The molecule has 1 aliphatic heterocycles. The molecular formula is C13H17ClFN3O. The summed E-state index contributed by atoms with van der Waals surface area (Å²) in [7, 11) is 2.03. The second kappa shape index (κ2) is 6.21. The van der Waals surface area contributed by atoms with Crippen molar-refractivity contribution in [1.29, 1.82) is 0 Å². The number of nitrogens with one attached hydrogen (secondary N) is 1. The van der Waals surface area contributed by atoms with E-state index in [1.54, 1.807) is 11.0 Å². The van der Waals surface area contributed by atoms with Gasteiger partial charge in [-0.2, -0.15) is 0 Å². The van der Waals surface area contributed by atoms with E-state index in [0.717, 1.165) is 26.2 Å². The molecular weight excluding hydrogens is 269 g/mol. The lowest BCUT2D eigenvalue weighted by molar-refractivity contribution is -0.130. The molecule has 1 heterocycles. The molecule has 1 aliphatic rings. The zero-order valence-electron chi connectivity index (χ0n) is 10.8. The maximum absolute atomic E-state index is 13.5. The van der Waals surface area contributed by atoms with E-state index in [4.69, 9.17) is 11.6 Å². The zero-order chi connectivity index (χ0) is 13.8. The van der Waals surface area contributed by atoms with Crippen LogP contribution >= 0.6 is 11.6 Å². The molecule has 2 rings (SSSR count). The molecule has 0 radical (unpaired) electrons. The fourth-order valence-electron chi connectivity index (χ4n) is 1.97. The van der Waals surface area contributed by atoms with Crippen molar-refractivity contribution in [2.75, 3.05) is 45.1 Å². The van der Waals surface area contributed by atoms with Crippen LogP contribution in [0.3, 0.4) is 0 Å². The van der Waals surface area contributed by atoms with Crippen LogP contribution in [0.1, 0.15) is 0 Å². The summed E-state index contributed by atoms with van der Waals surface area (Å²) in [6, 6.07) is 4.35. The molecule has 0 aliphatic carbocycles. The molecule has 0 spiro atoms. The lowest BCUT2D eigenvalue weighted by Crippen LogP contribution is -2.48. The predicted octanol–water partition coefficient (Wildman–Crippen LogP) is 1.66. The van der Waals surface area contributed by atoms with Gasteiger partial charge < -0.3 is 15.1 Å². The highest BCUT2D eigenvalue weighted by Gasteiger charge is 2.18. The number of carbonyl (C=O) groups is 1. The number of hydrogen-bond acceptors (Lipinski definition) is 3. The third-order valence-electron chi connectivity index (χ3n) is 3.22. The summed E-state index contributed by atoms with van der Waals surface area (Å²) in [6.07, 6.45) is 0. The summed E-state index contributed by atoms with van der Waals surface area (Å²) in [4.78, 5) is 15.9. The van der Waals surface area contributed by atoms with Crippen molar-refractivity contribution in [3.63, 3.8) is 0 Å². The summed E-state index contributed by atoms with van der Waals surface area (Å²) in [5.41, 5.74) is 0.298. The van der Waals surface area contributed by atoms with Gasteiger partial charge in [-0.05, 0) is 25.2 Å². The fourth-order valence-corrected chi connectivity index (χ4v) is 2.13. The zero-order valence-corrected chi connectivity index (χ0v) is 11.6. The Morgan fingerprint density at radius 3 is 2.68 bits per heavy atom. The molecule has 0 atom stereocenters. The average Bonchev–Trinajstić information content (AvgIpc) is 2.38. The largest absolute Gasteiger partial charge is 0.374 e. The summed E-state index contributed by atoms with van der Waals surface area (Å²) in [6.45, 7) is 3.30. The lowest BCUT2D eigenvalue weighted by Gasteiger charge is -2.32. The number of rotatable bonds is 3.